The van der Waals surface area contributed by atoms with Gasteiger partial charge in [-0.15, -0.1) is 0 Å². The first-order chi connectivity index (χ1) is 15.6. The second-order valence-electron chi connectivity index (χ2n) is 7.56. The molecular weight excluding hydrogens is 402 g/mol. The molecule has 0 aromatic heterocycles. The number of hydrogen-bond donors (Lipinski definition) is 1. The van der Waals surface area contributed by atoms with Crippen molar-refractivity contribution in [3.8, 4) is 16.9 Å². The van der Waals surface area contributed by atoms with Crippen LogP contribution in [0.2, 0.25) is 0 Å². The third-order valence-electron chi connectivity index (χ3n) is 5.35. The first-order valence-corrected chi connectivity index (χ1v) is 10.8. The van der Waals surface area contributed by atoms with E-state index in [1.54, 1.807) is 13.2 Å². The molecule has 0 spiro atoms. The number of methoxy groups -OCH3 is 2. The van der Waals surface area contributed by atoms with Gasteiger partial charge in [-0.05, 0) is 59.7 Å². The Morgan fingerprint density at radius 2 is 1.62 bits per heavy atom. The van der Waals surface area contributed by atoms with E-state index in [1.165, 1.54) is 12.7 Å². The van der Waals surface area contributed by atoms with Crippen LogP contribution >= 0.6 is 0 Å². The van der Waals surface area contributed by atoms with Crippen LogP contribution in [0.25, 0.3) is 11.1 Å². The second-order valence-corrected chi connectivity index (χ2v) is 7.56. The Labute approximate surface area is 189 Å². The number of hydrogen-bond acceptors (Lipinski definition) is 4. The number of unbranched alkanes of at least 4 members (excludes halogenated alkanes) is 1. The number of rotatable bonds is 10. The van der Waals surface area contributed by atoms with Crippen molar-refractivity contribution in [2.75, 3.05) is 14.2 Å². The van der Waals surface area contributed by atoms with E-state index in [4.69, 9.17) is 9.47 Å². The maximum absolute atomic E-state index is 12.2. The van der Waals surface area contributed by atoms with Gasteiger partial charge in [-0.3, -0.25) is 4.79 Å². The van der Waals surface area contributed by atoms with Gasteiger partial charge in [0.1, 0.15) is 5.75 Å². The molecule has 5 heteroatoms. The zero-order valence-electron chi connectivity index (χ0n) is 18.6. The first-order valence-electron chi connectivity index (χ1n) is 10.8. The summed E-state index contributed by atoms with van der Waals surface area (Å²) >= 11 is 0. The monoisotopic (exact) mass is 431 g/mol. The lowest BCUT2D eigenvalue weighted by Crippen LogP contribution is -2.22. The Hall–Kier alpha value is -3.60. The summed E-state index contributed by atoms with van der Waals surface area (Å²) in [5, 5.41) is 2.99. The third kappa shape index (κ3) is 6.45. The number of aryl methyl sites for hydroxylation is 1. The Bertz CT molecular complexity index is 1040. The van der Waals surface area contributed by atoms with Gasteiger partial charge < -0.3 is 14.8 Å². The number of benzene rings is 3. The largest absolute Gasteiger partial charge is 0.496 e. The summed E-state index contributed by atoms with van der Waals surface area (Å²) in [4.78, 5) is 23.9. The molecule has 0 aliphatic carbocycles. The summed E-state index contributed by atoms with van der Waals surface area (Å²) in [6, 6.07) is 23.3. The molecule has 0 bridgehead atoms. The molecule has 1 amide bonds. The topological polar surface area (TPSA) is 64.6 Å². The molecule has 3 aromatic rings. The smallest absolute Gasteiger partial charge is 0.337 e. The minimum atomic E-state index is -0.353. The van der Waals surface area contributed by atoms with Crippen molar-refractivity contribution < 1.29 is 19.1 Å². The van der Waals surface area contributed by atoms with E-state index in [2.05, 4.69) is 11.4 Å². The number of carbonyl (C=O) groups excluding carboxylic acids is 2. The highest BCUT2D eigenvalue weighted by atomic mass is 16.5. The molecule has 166 valence electrons. The lowest BCUT2D eigenvalue weighted by Gasteiger charge is -2.09. The Balaban J connectivity index is 1.44. The van der Waals surface area contributed by atoms with E-state index in [9.17, 15) is 9.59 Å². The van der Waals surface area contributed by atoms with Crippen molar-refractivity contribution in [1.82, 2.24) is 5.32 Å². The Kier molecular flexibility index (Phi) is 8.44. The normalized spacial score (nSPS) is 10.4. The molecule has 0 aliphatic rings. The highest BCUT2D eigenvalue weighted by Gasteiger charge is 2.08. The van der Waals surface area contributed by atoms with E-state index >= 15 is 0 Å². The molecule has 0 saturated carbocycles. The molecule has 3 rings (SSSR count). The average Bonchev–Trinajstić information content (AvgIpc) is 2.85. The van der Waals surface area contributed by atoms with Gasteiger partial charge in [-0.1, -0.05) is 54.6 Å². The van der Waals surface area contributed by atoms with Crippen molar-refractivity contribution >= 4 is 11.9 Å². The zero-order valence-corrected chi connectivity index (χ0v) is 18.6. The van der Waals surface area contributed by atoms with Crippen LogP contribution in [0.4, 0.5) is 0 Å². The summed E-state index contributed by atoms with van der Waals surface area (Å²) in [5.41, 5.74) is 4.67. The predicted molar refractivity (Wildman–Crippen MR) is 126 cm³/mol. The fourth-order valence-corrected chi connectivity index (χ4v) is 3.56. The van der Waals surface area contributed by atoms with Crippen molar-refractivity contribution in [3.05, 3.63) is 89.5 Å². The summed E-state index contributed by atoms with van der Waals surface area (Å²) < 4.78 is 10.2. The summed E-state index contributed by atoms with van der Waals surface area (Å²) in [7, 11) is 3.05. The highest BCUT2D eigenvalue weighted by Crippen LogP contribution is 2.22. The first kappa shape index (κ1) is 23.1. The number of amides is 1. The maximum atomic E-state index is 12.2. The number of ether oxygens (including phenoxy) is 2. The van der Waals surface area contributed by atoms with Crippen LogP contribution in [0, 0.1) is 0 Å². The molecular formula is C27H29NO4. The van der Waals surface area contributed by atoms with Crippen LogP contribution < -0.4 is 10.1 Å². The van der Waals surface area contributed by atoms with Gasteiger partial charge in [0.15, 0.2) is 0 Å². The van der Waals surface area contributed by atoms with Gasteiger partial charge in [0.05, 0.1) is 19.8 Å². The fraction of sp³-hybridized carbons (Fsp3) is 0.259. The number of carbonyl (C=O) groups is 2. The van der Waals surface area contributed by atoms with E-state index in [1.807, 2.05) is 60.7 Å². The van der Waals surface area contributed by atoms with Crippen LogP contribution in [0.3, 0.4) is 0 Å². The Morgan fingerprint density at radius 3 is 2.38 bits per heavy atom. The van der Waals surface area contributed by atoms with Crippen LogP contribution in [-0.2, 0) is 22.5 Å². The van der Waals surface area contributed by atoms with Gasteiger partial charge in [-0.25, -0.2) is 4.79 Å². The predicted octanol–water partition coefficient (Wildman–Crippen LogP) is 5.18. The van der Waals surface area contributed by atoms with Crippen LogP contribution in [0.15, 0.2) is 72.8 Å². The molecule has 0 heterocycles. The van der Waals surface area contributed by atoms with Gasteiger partial charge in [0.25, 0.3) is 0 Å². The van der Waals surface area contributed by atoms with Crippen LogP contribution in [-0.4, -0.2) is 26.1 Å². The molecule has 0 saturated heterocycles. The van der Waals surface area contributed by atoms with E-state index in [-0.39, 0.29) is 11.9 Å². The molecule has 1 N–H and O–H groups in total. The summed E-state index contributed by atoms with van der Waals surface area (Å²) in [6.45, 7) is 0.494. The van der Waals surface area contributed by atoms with E-state index < -0.39 is 0 Å². The van der Waals surface area contributed by atoms with Crippen molar-refractivity contribution in [3.63, 3.8) is 0 Å². The molecule has 0 atom stereocenters. The number of para-hydroxylation sites is 1. The zero-order chi connectivity index (χ0) is 22.8. The molecule has 0 radical (unpaired) electrons. The van der Waals surface area contributed by atoms with Gasteiger partial charge >= 0.3 is 5.97 Å². The third-order valence-corrected chi connectivity index (χ3v) is 5.35. The standard InChI is InChI=1S/C27H29NO4/c1-31-25-12-5-3-8-22(25)9-4-6-13-26(29)28-19-20-14-16-21(17-15-20)23-10-7-11-24(18-23)27(30)32-2/h3,5,7-8,10-12,14-18H,4,6,9,13,19H2,1-2H3,(H,28,29). The molecule has 0 unspecified atom stereocenters. The molecule has 0 fully saturated rings. The van der Waals surface area contributed by atoms with Crippen molar-refractivity contribution in [1.29, 1.82) is 0 Å². The molecule has 5 nitrogen and oxygen atoms in total. The number of esters is 1. The van der Waals surface area contributed by atoms with Gasteiger partial charge in [0, 0.05) is 13.0 Å². The molecule has 0 aliphatic heterocycles. The quantitative estimate of drug-likeness (QED) is 0.355. The van der Waals surface area contributed by atoms with Crippen LogP contribution in [0.5, 0.6) is 5.75 Å². The average molecular weight is 432 g/mol. The number of nitrogens with one attached hydrogen (secondary N) is 1. The van der Waals surface area contributed by atoms with Crippen molar-refractivity contribution in [2.24, 2.45) is 0 Å². The fourth-order valence-electron chi connectivity index (χ4n) is 3.56. The van der Waals surface area contributed by atoms with Gasteiger partial charge in [0.2, 0.25) is 5.91 Å². The Morgan fingerprint density at radius 1 is 0.844 bits per heavy atom. The van der Waals surface area contributed by atoms with E-state index in [0.717, 1.165) is 41.7 Å². The lowest BCUT2D eigenvalue weighted by atomic mass is 10.0. The second kappa shape index (κ2) is 11.7. The van der Waals surface area contributed by atoms with Gasteiger partial charge in [-0.2, -0.15) is 0 Å². The minimum absolute atomic E-state index is 0.0554. The highest BCUT2D eigenvalue weighted by molar-refractivity contribution is 5.91. The summed E-state index contributed by atoms with van der Waals surface area (Å²) in [6.07, 6.45) is 3.18. The lowest BCUT2D eigenvalue weighted by molar-refractivity contribution is -0.121. The molecule has 3 aromatic carbocycles. The minimum Gasteiger partial charge on any atom is -0.496 e. The SMILES string of the molecule is COC(=O)c1cccc(-c2ccc(CNC(=O)CCCCc3ccccc3OC)cc2)c1. The molecule has 32 heavy (non-hydrogen) atoms. The van der Waals surface area contributed by atoms with Crippen LogP contribution in [0.1, 0.15) is 40.7 Å². The summed E-state index contributed by atoms with van der Waals surface area (Å²) in [5.74, 6) is 0.603. The van der Waals surface area contributed by atoms with Crippen molar-refractivity contribution in [2.45, 2.75) is 32.2 Å². The maximum Gasteiger partial charge on any atom is 0.337 e. The van der Waals surface area contributed by atoms with E-state index in [0.29, 0.717) is 18.5 Å².